The molecule has 4 aromatic carbocycles. The van der Waals surface area contributed by atoms with E-state index in [2.05, 4.69) is 60.7 Å². The third kappa shape index (κ3) is 4.95. The summed E-state index contributed by atoms with van der Waals surface area (Å²) in [5.41, 5.74) is 5.78. The van der Waals surface area contributed by atoms with E-state index in [-0.39, 0.29) is 0 Å². The molecule has 10 nitrogen and oxygen atoms in total. The largest absolute Gasteiger partial charge is 0.351 e. The summed E-state index contributed by atoms with van der Waals surface area (Å²) < 4.78 is 29.7. The molecule has 6 rings (SSSR count). The van der Waals surface area contributed by atoms with E-state index in [1.165, 1.54) is 21.5 Å². The SMILES string of the molecule is CS(=O)(=O)O.CSOOO.c1cc2cccc3c4[nH]c5cc6ncnc6cc5nc4c(c1)c23. The molecule has 0 fully saturated rings. The van der Waals surface area contributed by atoms with E-state index in [4.69, 9.17) is 14.8 Å². The fourth-order valence-corrected chi connectivity index (χ4v) is 3.72. The van der Waals surface area contributed by atoms with Crippen LogP contribution in [0, 0.1) is 0 Å². The van der Waals surface area contributed by atoms with Gasteiger partial charge in [-0.3, -0.25) is 4.55 Å². The van der Waals surface area contributed by atoms with Crippen molar-refractivity contribution in [1.82, 2.24) is 19.9 Å². The summed E-state index contributed by atoms with van der Waals surface area (Å²) in [6, 6.07) is 16.8. The van der Waals surface area contributed by atoms with Crippen molar-refractivity contribution >= 4 is 76.8 Å². The van der Waals surface area contributed by atoms with Gasteiger partial charge in [-0.1, -0.05) is 41.4 Å². The van der Waals surface area contributed by atoms with E-state index in [0.29, 0.717) is 6.26 Å². The Bertz CT molecular complexity index is 1560. The second-order valence-electron chi connectivity index (χ2n) is 6.94. The highest BCUT2D eigenvalue weighted by Crippen LogP contribution is 2.37. The molecule has 0 saturated carbocycles. The first kappa shape index (κ1) is 23.0. The van der Waals surface area contributed by atoms with Gasteiger partial charge in [0, 0.05) is 34.5 Å². The van der Waals surface area contributed by atoms with Gasteiger partial charge in [-0.2, -0.15) is 8.42 Å². The van der Waals surface area contributed by atoms with Crippen LogP contribution in [0.1, 0.15) is 0 Å². The summed E-state index contributed by atoms with van der Waals surface area (Å²) >= 11 is 0.929. The molecule has 0 atom stereocenters. The lowest BCUT2D eigenvalue weighted by Gasteiger charge is -2.00. The van der Waals surface area contributed by atoms with E-state index < -0.39 is 10.1 Å². The highest BCUT2D eigenvalue weighted by atomic mass is 32.2. The molecule has 0 aliphatic carbocycles. The second-order valence-corrected chi connectivity index (χ2v) is 8.88. The monoisotopic (exact) mass is 486 g/mol. The standard InChI is InChI=1S/C19H10N4.2CH4O3S/c1-3-10-4-2-6-12-17(10)11(5-1)18-19(12)23-16-8-14-13(20-9-21-14)7-15(16)22-18;1-5(2,3)4;1-5-4-3-2/h1-9,22H;1H3,(H,2,3,4);2H,1H3. The number of nitrogens with one attached hydrogen (secondary N) is 1. The van der Waals surface area contributed by atoms with Gasteiger partial charge in [0.15, 0.2) is 0 Å². The molecule has 0 radical (unpaired) electrons. The molecule has 6 aromatic rings. The van der Waals surface area contributed by atoms with Crippen molar-refractivity contribution in [2.45, 2.75) is 0 Å². The van der Waals surface area contributed by atoms with Crippen molar-refractivity contribution in [2.75, 3.05) is 12.5 Å². The zero-order valence-corrected chi connectivity index (χ0v) is 19.0. The molecule has 0 saturated heterocycles. The van der Waals surface area contributed by atoms with Crippen LogP contribution in [-0.4, -0.2) is 50.7 Å². The molecular weight excluding hydrogens is 468 g/mol. The Morgan fingerprint density at radius 1 is 1.00 bits per heavy atom. The first-order valence-electron chi connectivity index (χ1n) is 9.40. The predicted molar refractivity (Wildman–Crippen MR) is 129 cm³/mol. The number of rotatable bonds is 2. The summed E-state index contributed by atoms with van der Waals surface area (Å²) in [7, 11) is -3.67. The van der Waals surface area contributed by atoms with Gasteiger partial charge in [-0.05, 0) is 17.5 Å². The first-order chi connectivity index (χ1) is 15.8. The minimum absolute atomic E-state index is 0.715. The van der Waals surface area contributed by atoms with Crippen molar-refractivity contribution in [3.05, 3.63) is 54.9 Å². The molecule has 12 heteroatoms. The Kier molecular flexibility index (Phi) is 6.56. The summed E-state index contributed by atoms with van der Waals surface area (Å²) in [4.78, 5) is 17.0. The van der Waals surface area contributed by atoms with Crippen molar-refractivity contribution in [2.24, 2.45) is 0 Å². The van der Waals surface area contributed by atoms with Crippen LogP contribution in [0.3, 0.4) is 0 Å². The summed E-state index contributed by atoms with van der Waals surface area (Å²) in [6.07, 6.45) is 3.93. The van der Waals surface area contributed by atoms with E-state index in [9.17, 15) is 8.42 Å². The van der Waals surface area contributed by atoms with Crippen molar-refractivity contribution < 1.29 is 27.6 Å². The Morgan fingerprint density at radius 3 is 2.24 bits per heavy atom. The van der Waals surface area contributed by atoms with Crippen LogP contribution in [-0.2, 0) is 19.5 Å². The highest BCUT2D eigenvalue weighted by molar-refractivity contribution is 7.93. The van der Waals surface area contributed by atoms with Crippen LogP contribution in [0.2, 0.25) is 0 Å². The van der Waals surface area contributed by atoms with Crippen molar-refractivity contribution in [1.29, 1.82) is 0 Å². The summed E-state index contributed by atoms with van der Waals surface area (Å²) in [6.45, 7) is 0. The number of fused-ring (bicyclic) bond motifs is 5. The van der Waals surface area contributed by atoms with E-state index in [0.717, 1.165) is 45.1 Å². The topological polar surface area (TPSA) is 148 Å². The number of aromatic amines is 1. The smallest absolute Gasteiger partial charge is 0.261 e. The fraction of sp³-hybridized carbons (Fsp3) is 0.0952. The van der Waals surface area contributed by atoms with Crippen molar-refractivity contribution in [3.63, 3.8) is 0 Å². The third-order valence-corrected chi connectivity index (χ3v) is 4.94. The highest BCUT2D eigenvalue weighted by Gasteiger charge is 2.14. The van der Waals surface area contributed by atoms with Crippen LogP contribution in [0.15, 0.2) is 54.9 Å². The van der Waals surface area contributed by atoms with E-state index >= 15 is 0 Å². The molecule has 33 heavy (non-hydrogen) atoms. The number of hydrogen-bond donors (Lipinski definition) is 3. The molecule has 0 aliphatic rings. The number of H-pyrrole nitrogens is 1. The molecule has 0 aliphatic heterocycles. The maximum Gasteiger partial charge on any atom is 0.261 e. The third-order valence-electron chi connectivity index (χ3n) is 4.74. The maximum atomic E-state index is 9.19. The van der Waals surface area contributed by atoms with Crippen LogP contribution >= 0.6 is 12.0 Å². The Labute approximate surface area is 191 Å². The van der Waals surface area contributed by atoms with Gasteiger partial charge < -0.3 is 4.98 Å². The van der Waals surface area contributed by atoms with Crippen LogP contribution in [0.25, 0.3) is 54.6 Å². The molecule has 3 N–H and O–H groups in total. The summed E-state index contributed by atoms with van der Waals surface area (Å²) in [5, 5.41) is 15.4. The number of nitrogens with zero attached hydrogens (tertiary/aromatic N) is 3. The minimum atomic E-state index is -3.67. The lowest BCUT2D eigenvalue weighted by atomic mass is 10.1. The van der Waals surface area contributed by atoms with E-state index in [1.807, 2.05) is 12.1 Å². The van der Waals surface area contributed by atoms with E-state index in [1.54, 1.807) is 12.6 Å². The average molecular weight is 487 g/mol. The Morgan fingerprint density at radius 2 is 1.64 bits per heavy atom. The number of benzene rings is 3. The quantitative estimate of drug-likeness (QED) is 0.137. The maximum absolute atomic E-state index is 9.19. The molecule has 0 bridgehead atoms. The van der Waals surface area contributed by atoms with Crippen LogP contribution < -0.4 is 0 Å². The van der Waals surface area contributed by atoms with Gasteiger partial charge in [-0.15, -0.1) is 4.33 Å². The van der Waals surface area contributed by atoms with Gasteiger partial charge >= 0.3 is 0 Å². The van der Waals surface area contributed by atoms with Gasteiger partial charge in [0.05, 0.1) is 39.4 Å². The Balaban J connectivity index is 0.000000222. The van der Waals surface area contributed by atoms with Gasteiger partial charge in [0.1, 0.15) is 6.33 Å². The summed E-state index contributed by atoms with van der Waals surface area (Å²) in [5.74, 6) is 0. The van der Waals surface area contributed by atoms with Crippen LogP contribution in [0.4, 0.5) is 0 Å². The molecule has 0 spiro atoms. The molecule has 0 amide bonds. The number of hydrogen-bond acceptors (Lipinski definition) is 9. The zero-order valence-electron chi connectivity index (χ0n) is 17.4. The first-order valence-corrected chi connectivity index (χ1v) is 12.4. The molecule has 170 valence electrons. The van der Waals surface area contributed by atoms with Gasteiger partial charge in [-0.25, -0.2) is 20.2 Å². The molecule has 0 unspecified atom stereocenters. The molecule has 2 aromatic heterocycles. The normalized spacial score (nSPS) is 11.6. The lowest BCUT2D eigenvalue weighted by molar-refractivity contribution is -0.432. The predicted octanol–water partition coefficient (Wildman–Crippen LogP) is 4.59. The minimum Gasteiger partial charge on any atom is -0.351 e. The lowest BCUT2D eigenvalue weighted by Crippen LogP contribution is -1.88. The Hall–Kier alpha value is -3.13. The van der Waals surface area contributed by atoms with Crippen LogP contribution in [0.5, 0.6) is 0 Å². The fourth-order valence-electron chi connectivity index (χ4n) is 3.66. The average Bonchev–Trinajstić information content (AvgIpc) is 3.34. The molecular formula is C21H18N4O6S2. The number of imidazole rings is 1. The van der Waals surface area contributed by atoms with Gasteiger partial charge in [0.2, 0.25) is 0 Å². The van der Waals surface area contributed by atoms with Gasteiger partial charge in [0.25, 0.3) is 10.1 Å². The zero-order chi connectivity index (χ0) is 23.6. The second kappa shape index (κ2) is 9.39. The number of aromatic nitrogens is 4. The van der Waals surface area contributed by atoms with Crippen molar-refractivity contribution in [3.8, 4) is 0 Å². The molecule has 2 heterocycles.